The molecule has 28 heavy (non-hydrogen) atoms. The second-order valence-corrected chi connectivity index (χ2v) is 8.75. The average Bonchev–Trinajstić information content (AvgIpc) is 2.85. The van der Waals surface area contributed by atoms with E-state index in [1.807, 2.05) is 12.1 Å². The molecule has 1 amide bonds. The average molecular weight is 420 g/mol. The van der Waals surface area contributed by atoms with Crippen molar-refractivity contribution in [2.24, 2.45) is 14.1 Å². The fraction of sp³-hybridized carbons (Fsp3) is 0.300. The number of ether oxygens (including phenoxy) is 1. The van der Waals surface area contributed by atoms with Gasteiger partial charge in [0.2, 0.25) is 0 Å². The number of anilines is 1. The number of hydrogen-bond acceptors (Lipinski definition) is 4. The van der Waals surface area contributed by atoms with Crippen molar-refractivity contribution in [1.29, 1.82) is 0 Å². The summed E-state index contributed by atoms with van der Waals surface area (Å²) in [4.78, 5) is 25.6. The molecule has 6 nitrogen and oxygen atoms in total. The molecule has 0 aliphatic rings. The number of imidazole rings is 1. The van der Waals surface area contributed by atoms with E-state index >= 15 is 0 Å². The Hall–Kier alpha value is -2.38. The largest absolute Gasteiger partial charge is 0.484 e. The van der Waals surface area contributed by atoms with Gasteiger partial charge < -0.3 is 10.1 Å². The van der Waals surface area contributed by atoms with E-state index in [0.29, 0.717) is 21.7 Å². The molecule has 0 bridgehead atoms. The van der Waals surface area contributed by atoms with Crippen LogP contribution in [0.2, 0.25) is 5.02 Å². The standard InChI is InChI=1S/C20H22ClN3O3S/c1-12(2)28-18-10-17-16(23(3)20(26)24(17)4)9-15(18)22-19(25)11-27-14-7-5-13(21)6-8-14/h5-10,12H,11H2,1-4H3,(H,22,25). The van der Waals surface area contributed by atoms with Gasteiger partial charge in [-0.3, -0.25) is 13.9 Å². The highest BCUT2D eigenvalue weighted by molar-refractivity contribution is 8.00. The Morgan fingerprint density at radius 2 is 1.75 bits per heavy atom. The van der Waals surface area contributed by atoms with Gasteiger partial charge in [0.05, 0.1) is 16.7 Å². The molecule has 0 fully saturated rings. The highest BCUT2D eigenvalue weighted by atomic mass is 35.5. The quantitative estimate of drug-likeness (QED) is 0.612. The number of aromatic nitrogens is 2. The number of benzene rings is 2. The summed E-state index contributed by atoms with van der Waals surface area (Å²) in [6, 6.07) is 10.6. The third kappa shape index (κ3) is 4.36. The van der Waals surface area contributed by atoms with E-state index in [9.17, 15) is 9.59 Å². The molecule has 0 saturated heterocycles. The van der Waals surface area contributed by atoms with Gasteiger partial charge in [-0.15, -0.1) is 11.8 Å². The molecule has 0 unspecified atom stereocenters. The molecule has 1 heterocycles. The maximum Gasteiger partial charge on any atom is 0.328 e. The number of nitrogens with one attached hydrogen (secondary N) is 1. The second kappa shape index (κ2) is 8.32. The Balaban J connectivity index is 1.85. The fourth-order valence-corrected chi connectivity index (χ4v) is 3.89. The van der Waals surface area contributed by atoms with Gasteiger partial charge in [0.1, 0.15) is 5.75 Å². The minimum absolute atomic E-state index is 0.106. The van der Waals surface area contributed by atoms with Crippen molar-refractivity contribution in [3.05, 3.63) is 51.9 Å². The molecule has 0 spiro atoms. The predicted octanol–water partition coefficient (Wildman–Crippen LogP) is 4.05. The van der Waals surface area contributed by atoms with Crippen molar-refractivity contribution in [1.82, 2.24) is 9.13 Å². The van der Waals surface area contributed by atoms with E-state index < -0.39 is 0 Å². The predicted molar refractivity (Wildman–Crippen MR) is 115 cm³/mol. The zero-order valence-electron chi connectivity index (χ0n) is 16.2. The Morgan fingerprint density at radius 3 is 2.36 bits per heavy atom. The molecular weight excluding hydrogens is 398 g/mol. The first-order chi connectivity index (χ1) is 13.3. The van der Waals surface area contributed by atoms with Crippen LogP contribution < -0.4 is 15.7 Å². The molecule has 0 radical (unpaired) electrons. The topological polar surface area (TPSA) is 65.3 Å². The summed E-state index contributed by atoms with van der Waals surface area (Å²) in [5, 5.41) is 3.83. The lowest BCUT2D eigenvalue weighted by atomic mass is 10.2. The van der Waals surface area contributed by atoms with Gasteiger partial charge in [0.15, 0.2) is 6.61 Å². The normalized spacial score (nSPS) is 11.2. The summed E-state index contributed by atoms with van der Waals surface area (Å²) in [5.74, 6) is 0.290. The molecule has 0 atom stereocenters. The van der Waals surface area contributed by atoms with Crippen LogP contribution in [0, 0.1) is 0 Å². The summed E-state index contributed by atoms with van der Waals surface area (Å²) in [6.45, 7) is 4.03. The van der Waals surface area contributed by atoms with Gasteiger partial charge in [0, 0.05) is 29.3 Å². The molecule has 3 aromatic rings. The van der Waals surface area contributed by atoms with Crippen LogP contribution in [0.3, 0.4) is 0 Å². The van der Waals surface area contributed by atoms with Crippen molar-refractivity contribution in [3.8, 4) is 5.75 Å². The highest BCUT2D eigenvalue weighted by Crippen LogP contribution is 2.34. The van der Waals surface area contributed by atoms with Crippen LogP contribution in [0.4, 0.5) is 5.69 Å². The number of hydrogen-bond donors (Lipinski definition) is 1. The van der Waals surface area contributed by atoms with Crippen molar-refractivity contribution in [3.63, 3.8) is 0 Å². The van der Waals surface area contributed by atoms with Gasteiger partial charge in [-0.25, -0.2) is 4.79 Å². The molecule has 8 heteroatoms. The third-order valence-electron chi connectivity index (χ3n) is 4.19. The molecule has 2 aromatic carbocycles. The van der Waals surface area contributed by atoms with E-state index in [2.05, 4.69) is 19.2 Å². The van der Waals surface area contributed by atoms with Crippen LogP contribution in [0.1, 0.15) is 13.8 Å². The van der Waals surface area contributed by atoms with E-state index in [0.717, 1.165) is 15.9 Å². The molecule has 0 saturated carbocycles. The minimum Gasteiger partial charge on any atom is -0.484 e. The van der Waals surface area contributed by atoms with Crippen LogP contribution >= 0.6 is 23.4 Å². The molecule has 148 valence electrons. The van der Waals surface area contributed by atoms with Crippen molar-refractivity contribution >= 4 is 46.0 Å². The molecule has 0 aliphatic heterocycles. The third-order valence-corrected chi connectivity index (χ3v) is 5.51. The Bertz CT molecular complexity index is 1070. The van der Waals surface area contributed by atoms with Crippen molar-refractivity contribution in [2.75, 3.05) is 11.9 Å². The molecule has 1 N–H and O–H groups in total. The van der Waals surface area contributed by atoms with Gasteiger partial charge in [0.25, 0.3) is 5.91 Å². The van der Waals surface area contributed by atoms with Gasteiger partial charge in [-0.05, 0) is 36.4 Å². The number of thioether (sulfide) groups is 1. The highest BCUT2D eigenvalue weighted by Gasteiger charge is 2.16. The molecule has 0 aliphatic carbocycles. The van der Waals surface area contributed by atoms with Crippen LogP contribution in [0.5, 0.6) is 5.75 Å². The van der Waals surface area contributed by atoms with Crippen LogP contribution in [0.15, 0.2) is 46.1 Å². The molecule has 1 aromatic heterocycles. The zero-order valence-corrected chi connectivity index (χ0v) is 17.7. The van der Waals surface area contributed by atoms with Gasteiger partial charge >= 0.3 is 5.69 Å². The van der Waals surface area contributed by atoms with Gasteiger partial charge in [-0.2, -0.15) is 0 Å². The van der Waals surface area contributed by atoms with Crippen LogP contribution in [-0.2, 0) is 18.9 Å². The summed E-state index contributed by atoms with van der Waals surface area (Å²) >= 11 is 7.48. The number of amides is 1. The number of aryl methyl sites for hydroxylation is 2. The monoisotopic (exact) mass is 419 g/mol. The first-order valence-electron chi connectivity index (χ1n) is 8.80. The zero-order chi connectivity index (χ0) is 20.4. The number of halogens is 1. The Morgan fingerprint density at radius 1 is 1.14 bits per heavy atom. The SMILES string of the molecule is CC(C)Sc1cc2c(cc1NC(=O)COc1ccc(Cl)cc1)n(C)c(=O)n2C. The lowest BCUT2D eigenvalue weighted by Gasteiger charge is -2.14. The summed E-state index contributed by atoms with van der Waals surface area (Å²) in [6.07, 6.45) is 0. The number of carbonyl (C=O) groups is 1. The van der Waals surface area contributed by atoms with Gasteiger partial charge in [-0.1, -0.05) is 25.4 Å². The van der Waals surface area contributed by atoms with E-state index in [1.165, 1.54) is 0 Å². The second-order valence-electron chi connectivity index (χ2n) is 6.70. The Labute approximate surface area is 172 Å². The number of fused-ring (bicyclic) bond motifs is 1. The summed E-state index contributed by atoms with van der Waals surface area (Å²) in [7, 11) is 3.46. The first-order valence-corrected chi connectivity index (χ1v) is 10.1. The van der Waals surface area contributed by atoms with Crippen molar-refractivity contribution in [2.45, 2.75) is 24.0 Å². The lowest BCUT2D eigenvalue weighted by Crippen LogP contribution is -2.20. The van der Waals surface area contributed by atoms with Crippen LogP contribution in [-0.4, -0.2) is 26.9 Å². The van der Waals surface area contributed by atoms with E-state index in [4.69, 9.17) is 16.3 Å². The fourth-order valence-electron chi connectivity index (χ4n) is 2.84. The number of carbonyl (C=O) groups excluding carboxylic acids is 1. The smallest absolute Gasteiger partial charge is 0.328 e. The van der Waals surface area contributed by atoms with E-state index in [-0.39, 0.29) is 18.2 Å². The maximum atomic E-state index is 12.4. The number of nitrogens with zero attached hydrogens (tertiary/aromatic N) is 2. The minimum atomic E-state index is -0.277. The first kappa shape index (κ1) is 20.4. The Kier molecular flexibility index (Phi) is 6.05. The molecule has 3 rings (SSSR count). The van der Waals surface area contributed by atoms with Crippen molar-refractivity contribution < 1.29 is 9.53 Å². The lowest BCUT2D eigenvalue weighted by molar-refractivity contribution is -0.118. The summed E-state index contributed by atoms with van der Waals surface area (Å²) in [5.41, 5.74) is 2.14. The van der Waals surface area contributed by atoms with Crippen LogP contribution in [0.25, 0.3) is 11.0 Å². The maximum absolute atomic E-state index is 12.4. The number of rotatable bonds is 6. The summed E-state index contributed by atoms with van der Waals surface area (Å²) < 4.78 is 8.69. The molecular formula is C20H22ClN3O3S. The van der Waals surface area contributed by atoms with E-state index in [1.54, 1.807) is 59.3 Å².